The van der Waals surface area contributed by atoms with Crippen LogP contribution in [0.1, 0.15) is 19.8 Å². The van der Waals surface area contributed by atoms with Gasteiger partial charge in [-0.3, -0.25) is 4.79 Å². The Labute approximate surface area is 136 Å². The second-order valence-corrected chi connectivity index (χ2v) is 6.49. The van der Waals surface area contributed by atoms with Crippen molar-refractivity contribution in [2.24, 2.45) is 11.8 Å². The number of carbonyl (C=O) groups is 1. The molecule has 1 aliphatic rings. The summed E-state index contributed by atoms with van der Waals surface area (Å²) in [5.74, 6) is 0.785. The summed E-state index contributed by atoms with van der Waals surface area (Å²) in [5.41, 5.74) is 1.77. The van der Waals surface area contributed by atoms with E-state index in [4.69, 9.17) is 9.47 Å². The molecule has 2 aromatic rings. The van der Waals surface area contributed by atoms with Gasteiger partial charge in [0.15, 0.2) is 0 Å². The lowest BCUT2D eigenvalue weighted by atomic mass is 10.2. The van der Waals surface area contributed by atoms with Crippen LogP contribution in [0.5, 0.6) is 5.75 Å². The van der Waals surface area contributed by atoms with Gasteiger partial charge < -0.3 is 9.47 Å². The lowest BCUT2D eigenvalue weighted by Crippen LogP contribution is -2.20. The van der Waals surface area contributed by atoms with Crippen LogP contribution in [-0.4, -0.2) is 34.7 Å². The zero-order chi connectivity index (χ0) is 15.7. The van der Waals surface area contributed by atoms with Crippen LogP contribution < -0.4 is 4.74 Å². The molecule has 1 aromatic carbocycles. The van der Waals surface area contributed by atoms with Gasteiger partial charge in [0.2, 0.25) is 0 Å². The van der Waals surface area contributed by atoms with Crippen molar-refractivity contribution >= 4 is 32.9 Å². The van der Waals surface area contributed by atoms with E-state index in [1.54, 1.807) is 6.92 Å². The van der Waals surface area contributed by atoms with E-state index in [9.17, 15) is 4.79 Å². The summed E-state index contributed by atoms with van der Waals surface area (Å²) in [6.45, 7) is 2.94. The number of hydrogen-bond donors (Lipinski definition) is 0. The number of benzene rings is 1. The fraction of sp³-hybridized carbons (Fsp3) is 0.533. The summed E-state index contributed by atoms with van der Waals surface area (Å²) in [6, 6.07) is 3.84. The van der Waals surface area contributed by atoms with Crippen LogP contribution in [-0.2, 0) is 16.1 Å². The van der Waals surface area contributed by atoms with Crippen LogP contribution in [0.4, 0.5) is 0 Å². The van der Waals surface area contributed by atoms with Gasteiger partial charge in [0.05, 0.1) is 23.0 Å². The van der Waals surface area contributed by atoms with E-state index < -0.39 is 0 Å². The molecule has 0 bridgehead atoms. The van der Waals surface area contributed by atoms with E-state index >= 15 is 0 Å². The lowest BCUT2D eigenvalue weighted by Gasteiger charge is -2.12. The van der Waals surface area contributed by atoms with E-state index in [1.807, 2.05) is 16.8 Å². The maximum Gasteiger partial charge on any atom is 0.311 e. The average Bonchev–Trinajstić information content (AvgIpc) is 3.24. The van der Waals surface area contributed by atoms with E-state index in [0.717, 1.165) is 28.0 Å². The number of esters is 1. The Morgan fingerprint density at radius 2 is 2.27 bits per heavy atom. The molecular formula is C15H18BrN3O3. The zero-order valence-corrected chi connectivity index (χ0v) is 14.2. The van der Waals surface area contributed by atoms with Gasteiger partial charge in [-0.1, -0.05) is 5.21 Å². The standard InChI is InChI=1S/C15H18BrN3O3/c1-9(15(20)21-2)8-22-12-6-5-11-14(13(12)16)17-18-19(11)7-10-3-4-10/h5-6,9-10H,3-4,7-8H2,1-2H3/t9-/m0/s1. The van der Waals surface area contributed by atoms with Crippen molar-refractivity contribution in [2.45, 2.75) is 26.3 Å². The average molecular weight is 368 g/mol. The number of nitrogens with zero attached hydrogens (tertiary/aromatic N) is 3. The molecule has 1 aromatic heterocycles. The van der Waals surface area contributed by atoms with Crippen LogP contribution in [0, 0.1) is 11.8 Å². The minimum Gasteiger partial charge on any atom is -0.491 e. The predicted octanol–water partition coefficient (Wildman–Crippen LogP) is 2.79. The van der Waals surface area contributed by atoms with E-state index in [0.29, 0.717) is 5.75 Å². The van der Waals surface area contributed by atoms with Gasteiger partial charge in [-0.25, -0.2) is 4.68 Å². The molecular weight excluding hydrogens is 350 g/mol. The Morgan fingerprint density at radius 1 is 1.50 bits per heavy atom. The summed E-state index contributed by atoms with van der Waals surface area (Å²) in [6.07, 6.45) is 2.55. The monoisotopic (exact) mass is 367 g/mol. The van der Waals surface area contributed by atoms with Crippen LogP contribution in [0.25, 0.3) is 11.0 Å². The highest BCUT2D eigenvalue weighted by atomic mass is 79.9. The highest BCUT2D eigenvalue weighted by Gasteiger charge is 2.24. The van der Waals surface area contributed by atoms with Crippen molar-refractivity contribution in [1.82, 2.24) is 15.0 Å². The molecule has 1 heterocycles. The van der Waals surface area contributed by atoms with Crippen molar-refractivity contribution in [3.05, 3.63) is 16.6 Å². The molecule has 22 heavy (non-hydrogen) atoms. The smallest absolute Gasteiger partial charge is 0.311 e. The number of halogens is 1. The zero-order valence-electron chi connectivity index (χ0n) is 12.6. The first-order chi connectivity index (χ1) is 10.6. The number of carbonyl (C=O) groups excluding carboxylic acids is 1. The first-order valence-electron chi connectivity index (χ1n) is 7.32. The first-order valence-corrected chi connectivity index (χ1v) is 8.11. The van der Waals surface area contributed by atoms with Gasteiger partial charge in [-0.05, 0) is 53.7 Å². The molecule has 6 nitrogen and oxygen atoms in total. The van der Waals surface area contributed by atoms with Gasteiger partial charge in [-0.2, -0.15) is 0 Å². The first kappa shape index (κ1) is 15.3. The molecule has 1 saturated carbocycles. The molecule has 3 rings (SSSR count). The predicted molar refractivity (Wildman–Crippen MR) is 84.6 cm³/mol. The summed E-state index contributed by atoms with van der Waals surface area (Å²) >= 11 is 3.52. The molecule has 0 spiro atoms. The van der Waals surface area contributed by atoms with Crippen molar-refractivity contribution in [1.29, 1.82) is 0 Å². The Morgan fingerprint density at radius 3 is 2.95 bits per heavy atom. The summed E-state index contributed by atoms with van der Waals surface area (Å²) in [7, 11) is 1.37. The number of methoxy groups -OCH3 is 1. The third-order valence-corrected chi connectivity index (χ3v) is 4.58. The van der Waals surface area contributed by atoms with Gasteiger partial charge in [0.1, 0.15) is 17.9 Å². The Bertz CT molecular complexity index is 697. The van der Waals surface area contributed by atoms with Crippen LogP contribution in [0.2, 0.25) is 0 Å². The summed E-state index contributed by atoms with van der Waals surface area (Å²) < 4.78 is 13.1. The van der Waals surface area contributed by atoms with E-state index in [1.165, 1.54) is 20.0 Å². The second kappa shape index (κ2) is 6.24. The van der Waals surface area contributed by atoms with E-state index in [-0.39, 0.29) is 18.5 Å². The highest BCUT2D eigenvalue weighted by molar-refractivity contribution is 9.10. The fourth-order valence-corrected chi connectivity index (χ4v) is 2.79. The Kier molecular flexibility index (Phi) is 4.33. The minimum atomic E-state index is -0.321. The van der Waals surface area contributed by atoms with Crippen LogP contribution >= 0.6 is 15.9 Å². The SMILES string of the molecule is COC(=O)[C@@H](C)COc1ccc2c(nnn2CC2CC2)c1Br. The molecule has 1 fully saturated rings. The molecule has 0 saturated heterocycles. The normalized spacial score (nSPS) is 15.8. The van der Waals surface area contributed by atoms with Crippen molar-refractivity contribution in [3.8, 4) is 5.75 Å². The fourth-order valence-electron chi connectivity index (χ4n) is 2.26. The van der Waals surface area contributed by atoms with Crippen LogP contribution in [0.15, 0.2) is 16.6 Å². The Balaban J connectivity index is 1.76. The van der Waals surface area contributed by atoms with Gasteiger partial charge in [0.25, 0.3) is 0 Å². The third kappa shape index (κ3) is 3.09. The summed E-state index contributed by atoms with van der Waals surface area (Å²) in [5, 5.41) is 8.45. The maximum atomic E-state index is 11.4. The van der Waals surface area contributed by atoms with Crippen LogP contribution in [0.3, 0.4) is 0 Å². The van der Waals surface area contributed by atoms with E-state index in [2.05, 4.69) is 26.2 Å². The third-order valence-electron chi connectivity index (χ3n) is 3.81. The largest absolute Gasteiger partial charge is 0.491 e. The number of aromatic nitrogens is 3. The molecule has 0 unspecified atom stereocenters. The molecule has 1 aliphatic carbocycles. The number of fused-ring (bicyclic) bond motifs is 1. The Hall–Kier alpha value is -1.63. The van der Waals surface area contributed by atoms with Crippen molar-refractivity contribution in [3.63, 3.8) is 0 Å². The van der Waals surface area contributed by atoms with Gasteiger partial charge in [-0.15, -0.1) is 5.10 Å². The van der Waals surface area contributed by atoms with Gasteiger partial charge >= 0.3 is 5.97 Å². The molecule has 1 atom stereocenters. The number of ether oxygens (including phenoxy) is 2. The molecule has 118 valence electrons. The van der Waals surface area contributed by atoms with Crippen molar-refractivity contribution in [2.75, 3.05) is 13.7 Å². The molecule has 0 amide bonds. The molecule has 0 aliphatic heterocycles. The maximum absolute atomic E-state index is 11.4. The topological polar surface area (TPSA) is 66.2 Å². The molecule has 0 radical (unpaired) electrons. The summed E-state index contributed by atoms with van der Waals surface area (Å²) in [4.78, 5) is 11.4. The quantitative estimate of drug-likeness (QED) is 0.734. The second-order valence-electron chi connectivity index (χ2n) is 5.70. The minimum absolute atomic E-state index is 0.257. The molecule has 7 heteroatoms. The number of rotatable bonds is 6. The number of hydrogen-bond acceptors (Lipinski definition) is 5. The highest BCUT2D eigenvalue weighted by Crippen LogP contribution is 2.35. The molecule has 0 N–H and O–H groups in total. The van der Waals surface area contributed by atoms with Crippen molar-refractivity contribution < 1.29 is 14.3 Å². The lowest BCUT2D eigenvalue weighted by molar-refractivity contribution is -0.145. The van der Waals surface area contributed by atoms with Gasteiger partial charge in [0, 0.05) is 6.54 Å².